The van der Waals surface area contributed by atoms with Crippen LogP contribution in [0.15, 0.2) is 51.7 Å². The van der Waals surface area contributed by atoms with E-state index in [2.05, 4.69) is 31.2 Å². The molecule has 0 radical (unpaired) electrons. The van der Waals surface area contributed by atoms with Crippen molar-refractivity contribution in [3.05, 3.63) is 69.6 Å². The van der Waals surface area contributed by atoms with Gasteiger partial charge in [0.1, 0.15) is 31.4 Å². The molecule has 2 aliphatic rings. The second-order valence-electron chi connectivity index (χ2n) is 7.96. The van der Waals surface area contributed by atoms with Crippen LogP contribution >= 0.6 is 0 Å². The van der Waals surface area contributed by atoms with Gasteiger partial charge in [-0.25, -0.2) is 4.79 Å². The summed E-state index contributed by atoms with van der Waals surface area (Å²) in [6, 6.07) is 14.6. The van der Waals surface area contributed by atoms with Crippen molar-refractivity contribution >= 4 is 11.0 Å². The van der Waals surface area contributed by atoms with E-state index < -0.39 is 0 Å². The Kier molecular flexibility index (Phi) is 4.76. The zero-order valence-electron chi connectivity index (χ0n) is 16.7. The van der Waals surface area contributed by atoms with E-state index >= 15 is 0 Å². The highest BCUT2D eigenvalue weighted by Crippen LogP contribution is 2.33. The van der Waals surface area contributed by atoms with Crippen molar-refractivity contribution in [1.29, 1.82) is 0 Å². The third-order valence-corrected chi connectivity index (χ3v) is 6.17. The van der Waals surface area contributed by atoms with E-state index in [4.69, 9.17) is 13.9 Å². The standard InChI is InChI=1S/C24H25NO4/c1-2-16-5-7-19-18(14-24(26)29-22(19)12-16)15-25-9-3-4-20(25)17-6-8-21-23(13-17)28-11-10-27-21/h5-8,12-14,20H,2-4,9-11,15H2,1H3/p+1/t20-/m0/s1. The molecule has 2 atom stereocenters. The van der Waals surface area contributed by atoms with Crippen LogP contribution < -0.4 is 20.0 Å². The van der Waals surface area contributed by atoms with Gasteiger partial charge in [0, 0.05) is 35.4 Å². The first kappa shape index (κ1) is 18.3. The third-order valence-electron chi connectivity index (χ3n) is 6.17. The molecule has 2 aromatic carbocycles. The largest absolute Gasteiger partial charge is 0.486 e. The monoisotopic (exact) mass is 392 g/mol. The second-order valence-corrected chi connectivity index (χ2v) is 7.96. The molecule has 1 N–H and O–H groups in total. The van der Waals surface area contributed by atoms with Crippen molar-refractivity contribution in [2.75, 3.05) is 19.8 Å². The van der Waals surface area contributed by atoms with E-state index in [1.807, 2.05) is 12.1 Å². The number of benzene rings is 2. The topological polar surface area (TPSA) is 53.1 Å². The summed E-state index contributed by atoms with van der Waals surface area (Å²) in [7, 11) is 0. The predicted octanol–water partition coefficient (Wildman–Crippen LogP) is 3.05. The number of aryl methyl sites for hydroxylation is 1. The first-order valence-electron chi connectivity index (χ1n) is 10.5. The molecule has 1 saturated heterocycles. The van der Waals surface area contributed by atoms with E-state index in [0.29, 0.717) is 24.8 Å². The van der Waals surface area contributed by atoms with Gasteiger partial charge in [-0.3, -0.25) is 0 Å². The van der Waals surface area contributed by atoms with Crippen LogP contribution in [-0.2, 0) is 13.0 Å². The highest BCUT2D eigenvalue weighted by Gasteiger charge is 2.31. The molecule has 150 valence electrons. The van der Waals surface area contributed by atoms with Crippen LogP contribution in [0, 0.1) is 0 Å². The van der Waals surface area contributed by atoms with Crippen LogP contribution in [0.4, 0.5) is 0 Å². The Labute approximate surface area is 169 Å². The summed E-state index contributed by atoms with van der Waals surface area (Å²) in [5.74, 6) is 1.68. The number of rotatable bonds is 4. The minimum absolute atomic E-state index is 0.268. The van der Waals surface area contributed by atoms with Crippen molar-refractivity contribution in [2.24, 2.45) is 0 Å². The SMILES string of the molecule is CCc1ccc2c(C[NH+]3CCC[C@H]3c3ccc4c(c3)OCCO4)cc(=O)oc2c1. The smallest absolute Gasteiger partial charge is 0.336 e. The van der Waals surface area contributed by atoms with Gasteiger partial charge in [-0.15, -0.1) is 0 Å². The lowest BCUT2D eigenvalue weighted by atomic mass is 10.0. The van der Waals surface area contributed by atoms with Crippen molar-refractivity contribution in [3.8, 4) is 11.5 Å². The van der Waals surface area contributed by atoms with E-state index in [9.17, 15) is 4.79 Å². The Morgan fingerprint density at radius 3 is 2.76 bits per heavy atom. The van der Waals surface area contributed by atoms with Gasteiger partial charge in [0.25, 0.3) is 0 Å². The zero-order chi connectivity index (χ0) is 19.8. The molecule has 5 heteroatoms. The van der Waals surface area contributed by atoms with E-state index in [1.54, 1.807) is 6.07 Å². The fraction of sp³-hybridized carbons (Fsp3) is 0.375. The summed E-state index contributed by atoms with van der Waals surface area (Å²) in [6.45, 7) is 5.22. The fourth-order valence-electron chi connectivity index (χ4n) is 4.69. The molecular formula is C24H26NO4+. The van der Waals surface area contributed by atoms with Gasteiger partial charge in [0.05, 0.1) is 6.54 Å². The zero-order valence-corrected chi connectivity index (χ0v) is 16.7. The first-order valence-corrected chi connectivity index (χ1v) is 10.5. The van der Waals surface area contributed by atoms with Gasteiger partial charge < -0.3 is 18.8 Å². The number of hydrogen-bond donors (Lipinski definition) is 1. The molecular weight excluding hydrogens is 366 g/mol. The van der Waals surface area contributed by atoms with Crippen LogP contribution in [0.25, 0.3) is 11.0 Å². The summed E-state index contributed by atoms with van der Waals surface area (Å²) < 4.78 is 16.9. The molecule has 1 unspecified atom stereocenters. The first-order chi connectivity index (χ1) is 14.2. The maximum Gasteiger partial charge on any atom is 0.336 e. The number of quaternary nitrogens is 1. The Hall–Kier alpha value is -2.79. The van der Waals surface area contributed by atoms with Crippen molar-refractivity contribution in [2.45, 2.75) is 38.8 Å². The summed E-state index contributed by atoms with van der Waals surface area (Å²) in [6.07, 6.45) is 3.23. The lowest BCUT2D eigenvalue weighted by molar-refractivity contribution is -0.931. The number of fused-ring (bicyclic) bond motifs is 2. The highest BCUT2D eigenvalue weighted by molar-refractivity contribution is 5.80. The fourth-order valence-corrected chi connectivity index (χ4v) is 4.69. The second kappa shape index (κ2) is 7.56. The van der Waals surface area contributed by atoms with Gasteiger partial charge in [-0.1, -0.05) is 19.1 Å². The van der Waals surface area contributed by atoms with Gasteiger partial charge in [0.2, 0.25) is 0 Å². The molecule has 1 aromatic heterocycles. The minimum atomic E-state index is -0.268. The van der Waals surface area contributed by atoms with Crippen molar-refractivity contribution in [3.63, 3.8) is 0 Å². The van der Waals surface area contributed by atoms with E-state index in [-0.39, 0.29) is 5.63 Å². The molecule has 0 spiro atoms. The molecule has 0 amide bonds. The molecule has 0 saturated carbocycles. The molecule has 1 fully saturated rings. The number of nitrogens with one attached hydrogen (secondary N) is 1. The van der Waals surface area contributed by atoms with Crippen LogP contribution in [0.2, 0.25) is 0 Å². The summed E-state index contributed by atoms with van der Waals surface area (Å²) in [5.41, 5.74) is 3.96. The lowest BCUT2D eigenvalue weighted by Gasteiger charge is -2.24. The lowest BCUT2D eigenvalue weighted by Crippen LogP contribution is -3.08. The molecule has 2 aliphatic heterocycles. The highest BCUT2D eigenvalue weighted by atomic mass is 16.6. The normalized spacial score (nSPS) is 20.9. The minimum Gasteiger partial charge on any atom is -0.486 e. The average Bonchev–Trinajstić information content (AvgIpc) is 3.21. The van der Waals surface area contributed by atoms with Crippen LogP contribution in [-0.4, -0.2) is 19.8 Å². The Morgan fingerprint density at radius 1 is 1.03 bits per heavy atom. The molecule has 0 aliphatic carbocycles. The van der Waals surface area contributed by atoms with Crippen LogP contribution in [0.5, 0.6) is 11.5 Å². The summed E-state index contributed by atoms with van der Waals surface area (Å²) in [5, 5.41) is 1.04. The van der Waals surface area contributed by atoms with E-state index in [1.165, 1.54) is 22.4 Å². The van der Waals surface area contributed by atoms with Crippen molar-refractivity contribution < 1.29 is 18.8 Å². The molecule has 5 rings (SSSR count). The van der Waals surface area contributed by atoms with Gasteiger partial charge in [0.15, 0.2) is 11.5 Å². The average molecular weight is 392 g/mol. The Morgan fingerprint density at radius 2 is 1.90 bits per heavy atom. The van der Waals surface area contributed by atoms with Crippen molar-refractivity contribution in [1.82, 2.24) is 0 Å². The predicted molar refractivity (Wildman–Crippen MR) is 111 cm³/mol. The molecule has 29 heavy (non-hydrogen) atoms. The maximum atomic E-state index is 12.2. The number of hydrogen-bond acceptors (Lipinski definition) is 4. The third kappa shape index (κ3) is 3.51. The number of ether oxygens (including phenoxy) is 2. The Bertz CT molecular complexity index is 1100. The van der Waals surface area contributed by atoms with Gasteiger partial charge in [-0.05, 0) is 36.2 Å². The van der Waals surface area contributed by atoms with Crippen LogP contribution in [0.3, 0.4) is 0 Å². The molecule has 3 aromatic rings. The quantitative estimate of drug-likeness (QED) is 0.694. The van der Waals surface area contributed by atoms with Gasteiger partial charge in [-0.2, -0.15) is 0 Å². The van der Waals surface area contributed by atoms with E-state index in [0.717, 1.165) is 48.4 Å². The van der Waals surface area contributed by atoms with Crippen LogP contribution in [0.1, 0.15) is 42.5 Å². The summed E-state index contributed by atoms with van der Waals surface area (Å²) in [4.78, 5) is 13.7. The molecule has 3 heterocycles. The molecule has 5 nitrogen and oxygen atoms in total. The number of likely N-dealkylation sites (tertiary alicyclic amines) is 1. The summed E-state index contributed by atoms with van der Waals surface area (Å²) >= 11 is 0. The molecule has 0 bridgehead atoms. The maximum absolute atomic E-state index is 12.2. The van der Waals surface area contributed by atoms with Gasteiger partial charge >= 0.3 is 5.63 Å². The Balaban J connectivity index is 1.46.